The van der Waals surface area contributed by atoms with E-state index in [4.69, 9.17) is 0 Å². The normalized spacial score (nSPS) is 16.6. The van der Waals surface area contributed by atoms with Crippen LogP contribution in [-0.2, 0) is 19.4 Å². The number of nitrogens with zero attached hydrogens (tertiary/aromatic N) is 1. The third-order valence-corrected chi connectivity index (χ3v) is 4.65. The number of carbonyl (C=O) groups excluding carboxylic acids is 2. The predicted molar refractivity (Wildman–Crippen MR) is 84.0 cm³/mol. The van der Waals surface area contributed by atoms with Crippen molar-refractivity contribution in [3.63, 3.8) is 0 Å². The van der Waals surface area contributed by atoms with Gasteiger partial charge in [0.05, 0.1) is 0 Å². The molecule has 1 amide bonds. The van der Waals surface area contributed by atoms with Gasteiger partial charge in [0.1, 0.15) is 0 Å². The number of aryl methyl sites for hydroxylation is 1. The molecule has 0 saturated heterocycles. The molecule has 2 aromatic carbocycles. The summed E-state index contributed by atoms with van der Waals surface area (Å²) in [5.74, 6) is 0.350. The Balaban J connectivity index is 1.58. The average molecular weight is 291 g/mol. The highest BCUT2D eigenvalue weighted by atomic mass is 16.2. The minimum atomic E-state index is 0.110. The van der Waals surface area contributed by atoms with Crippen LogP contribution in [0, 0.1) is 0 Å². The molecule has 0 spiro atoms. The SMILES string of the molecule is O=C1CCc2cc(CN3CCc4ccccc4C3=O)ccc21. The van der Waals surface area contributed by atoms with Crippen molar-refractivity contribution in [3.8, 4) is 0 Å². The number of benzene rings is 2. The van der Waals surface area contributed by atoms with E-state index in [9.17, 15) is 9.59 Å². The second-order valence-electron chi connectivity index (χ2n) is 6.05. The molecule has 1 aliphatic carbocycles. The smallest absolute Gasteiger partial charge is 0.254 e. The van der Waals surface area contributed by atoms with Gasteiger partial charge < -0.3 is 4.90 Å². The Morgan fingerprint density at radius 2 is 1.73 bits per heavy atom. The molecule has 3 nitrogen and oxygen atoms in total. The van der Waals surface area contributed by atoms with Gasteiger partial charge in [-0.15, -0.1) is 0 Å². The molecular formula is C19H17NO2. The predicted octanol–water partition coefficient (Wildman–Crippen LogP) is 3.01. The zero-order chi connectivity index (χ0) is 15.1. The van der Waals surface area contributed by atoms with Gasteiger partial charge in [0.15, 0.2) is 5.78 Å². The lowest BCUT2D eigenvalue weighted by Gasteiger charge is -2.28. The van der Waals surface area contributed by atoms with Crippen molar-refractivity contribution in [2.45, 2.75) is 25.8 Å². The van der Waals surface area contributed by atoms with Crippen molar-refractivity contribution in [3.05, 3.63) is 70.3 Å². The van der Waals surface area contributed by atoms with Crippen molar-refractivity contribution >= 4 is 11.7 Å². The first kappa shape index (κ1) is 13.3. The van der Waals surface area contributed by atoms with E-state index in [1.165, 1.54) is 0 Å². The first-order valence-corrected chi connectivity index (χ1v) is 7.74. The summed E-state index contributed by atoms with van der Waals surface area (Å²) in [7, 11) is 0. The van der Waals surface area contributed by atoms with Crippen molar-refractivity contribution in [2.24, 2.45) is 0 Å². The molecule has 2 aliphatic rings. The third kappa shape index (κ3) is 2.13. The molecule has 110 valence electrons. The van der Waals surface area contributed by atoms with E-state index in [0.717, 1.165) is 47.2 Å². The van der Waals surface area contributed by atoms with Gasteiger partial charge in [-0.25, -0.2) is 0 Å². The highest BCUT2D eigenvalue weighted by Crippen LogP contribution is 2.25. The summed E-state index contributed by atoms with van der Waals surface area (Å²) in [6, 6.07) is 13.8. The number of amides is 1. The Labute approximate surface area is 129 Å². The van der Waals surface area contributed by atoms with Gasteiger partial charge in [0, 0.05) is 30.6 Å². The number of hydrogen-bond donors (Lipinski definition) is 0. The maximum atomic E-state index is 12.6. The molecule has 0 saturated carbocycles. The Kier molecular flexibility index (Phi) is 3.07. The van der Waals surface area contributed by atoms with Gasteiger partial charge in [0.25, 0.3) is 5.91 Å². The lowest BCUT2D eigenvalue weighted by atomic mass is 9.98. The van der Waals surface area contributed by atoms with Crippen LogP contribution in [-0.4, -0.2) is 23.1 Å². The monoisotopic (exact) mass is 291 g/mol. The Morgan fingerprint density at radius 3 is 2.64 bits per heavy atom. The summed E-state index contributed by atoms with van der Waals surface area (Å²) in [5.41, 5.74) is 5.07. The highest BCUT2D eigenvalue weighted by molar-refractivity contribution is 6.00. The molecule has 1 aliphatic heterocycles. The van der Waals surface area contributed by atoms with E-state index < -0.39 is 0 Å². The van der Waals surface area contributed by atoms with Crippen LogP contribution in [0.4, 0.5) is 0 Å². The number of Topliss-reactive ketones (excluding diaryl/α,β-unsaturated/α-hetero) is 1. The van der Waals surface area contributed by atoms with Crippen LogP contribution >= 0.6 is 0 Å². The van der Waals surface area contributed by atoms with E-state index >= 15 is 0 Å². The number of ketones is 1. The maximum Gasteiger partial charge on any atom is 0.254 e. The van der Waals surface area contributed by atoms with Gasteiger partial charge in [-0.2, -0.15) is 0 Å². The maximum absolute atomic E-state index is 12.6. The summed E-state index contributed by atoms with van der Waals surface area (Å²) in [6.07, 6.45) is 2.36. The molecule has 0 radical (unpaired) electrons. The quantitative estimate of drug-likeness (QED) is 0.853. The fourth-order valence-electron chi connectivity index (χ4n) is 3.45. The highest BCUT2D eigenvalue weighted by Gasteiger charge is 2.25. The summed E-state index contributed by atoms with van der Waals surface area (Å²) in [5, 5.41) is 0. The lowest BCUT2D eigenvalue weighted by Crippen LogP contribution is -2.37. The summed E-state index contributed by atoms with van der Waals surface area (Å²) in [4.78, 5) is 26.2. The first-order chi connectivity index (χ1) is 10.7. The zero-order valence-corrected chi connectivity index (χ0v) is 12.3. The molecule has 0 bridgehead atoms. The Morgan fingerprint density at radius 1 is 0.864 bits per heavy atom. The fraction of sp³-hybridized carbons (Fsp3) is 0.263. The van der Waals surface area contributed by atoms with Crippen LogP contribution in [0.1, 0.15) is 43.8 Å². The van der Waals surface area contributed by atoms with E-state index in [1.807, 2.05) is 41.3 Å². The molecule has 0 unspecified atom stereocenters. The van der Waals surface area contributed by atoms with Crippen LogP contribution in [0.15, 0.2) is 42.5 Å². The molecule has 0 N–H and O–H groups in total. The van der Waals surface area contributed by atoms with Crippen molar-refractivity contribution in [1.29, 1.82) is 0 Å². The van der Waals surface area contributed by atoms with Crippen LogP contribution in [0.2, 0.25) is 0 Å². The van der Waals surface area contributed by atoms with Crippen LogP contribution in [0.3, 0.4) is 0 Å². The van der Waals surface area contributed by atoms with Gasteiger partial charge >= 0.3 is 0 Å². The number of rotatable bonds is 2. The molecule has 1 heterocycles. The molecule has 0 fully saturated rings. The number of fused-ring (bicyclic) bond motifs is 2. The van der Waals surface area contributed by atoms with Crippen molar-refractivity contribution in [2.75, 3.05) is 6.54 Å². The average Bonchev–Trinajstić information content (AvgIpc) is 2.91. The largest absolute Gasteiger partial charge is 0.334 e. The molecular weight excluding hydrogens is 274 g/mol. The Bertz CT molecular complexity index is 779. The minimum absolute atomic E-state index is 0.110. The van der Waals surface area contributed by atoms with E-state index in [0.29, 0.717) is 13.0 Å². The van der Waals surface area contributed by atoms with Gasteiger partial charge in [-0.05, 0) is 35.6 Å². The molecule has 2 aromatic rings. The second kappa shape index (κ2) is 5.09. The fourth-order valence-corrected chi connectivity index (χ4v) is 3.45. The Hall–Kier alpha value is -2.42. The number of hydrogen-bond acceptors (Lipinski definition) is 2. The standard InChI is InChI=1S/C19H17NO2/c21-18-8-6-15-11-13(5-7-16(15)18)12-20-10-9-14-3-1-2-4-17(14)19(20)22/h1-5,7,11H,6,8-10,12H2. The van der Waals surface area contributed by atoms with Crippen LogP contribution < -0.4 is 0 Å². The third-order valence-electron chi connectivity index (χ3n) is 4.65. The minimum Gasteiger partial charge on any atom is -0.334 e. The first-order valence-electron chi connectivity index (χ1n) is 7.74. The summed E-state index contributed by atoms with van der Waals surface area (Å²) < 4.78 is 0. The summed E-state index contributed by atoms with van der Waals surface area (Å²) in [6.45, 7) is 1.38. The molecule has 22 heavy (non-hydrogen) atoms. The molecule has 4 rings (SSSR count). The van der Waals surface area contributed by atoms with Crippen LogP contribution in [0.25, 0.3) is 0 Å². The van der Waals surface area contributed by atoms with E-state index in [1.54, 1.807) is 0 Å². The molecule has 0 atom stereocenters. The van der Waals surface area contributed by atoms with Crippen LogP contribution in [0.5, 0.6) is 0 Å². The van der Waals surface area contributed by atoms with Gasteiger partial charge in [-0.3, -0.25) is 9.59 Å². The van der Waals surface area contributed by atoms with Crippen molar-refractivity contribution in [1.82, 2.24) is 4.90 Å². The topological polar surface area (TPSA) is 37.4 Å². The van der Waals surface area contributed by atoms with E-state index in [-0.39, 0.29) is 11.7 Å². The second-order valence-corrected chi connectivity index (χ2v) is 6.05. The van der Waals surface area contributed by atoms with Gasteiger partial charge in [-0.1, -0.05) is 36.4 Å². The number of carbonyl (C=O) groups is 2. The molecule has 0 aromatic heterocycles. The van der Waals surface area contributed by atoms with E-state index in [2.05, 4.69) is 6.07 Å². The molecule has 3 heteroatoms. The van der Waals surface area contributed by atoms with Crippen molar-refractivity contribution < 1.29 is 9.59 Å². The van der Waals surface area contributed by atoms with Gasteiger partial charge in [0.2, 0.25) is 0 Å². The summed E-state index contributed by atoms with van der Waals surface area (Å²) >= 11 is 0. The zero-order valence-electron chi connectivity index (χ0n) is 12.3. The lowest BCUT2D eigenvalue weighted by molar-refractivity contribution is 0.0726.